The van der Waals surface area contributed by atoms with Crippen molar-refractivity contribution in [1.82, 2.24) is 14.9 Å². The number of hydrogen-bond acceptors (Lipinski definition) is 5. The van der Waals surface area contributed by atoms with Crippen LogP contribution in [0.2, 0.25) is 0 Å². The number of thiophene rings is 1. The van der Waals surface area contributed by atoms with Crippen LogP contribution in [0.1, 0.15) is 47.7 Å². The monoisotopic (exact) mass is 525 g/mol. The summed E-state index contributed by atoms with van der Waals surface area (Å²) in [6, 6.07) is 18.5. The molecule has 3 heterocycles. The Morgan fingerprint density at radius 3 is 2.58 bits per heavy atom. The van der Waals surface area contributed by atoms with Crippen LogP contribution in [-0.4, -0.2) is 47.1 Å². The Kier molecular flexibility index (Phi) is 7.02. The second-order valence-electron chi connectivity index (χ2n) is 10.6. The lowest BCUT2D eigenvalue weighted by atomic mass is 9.89. The van der Waals surface area contributed by atoms with Gasteiger partial charge in [-0.3, -0.25) is 0 Å². The summed E-state index contributed by atoms with van der Waals surface area (Å²) in [5.41, 5.74) is 4.75. The van der Waals surface area contributed by atoms with Gasteiger partial charge in [0.1, 0.15) is 16.5 Å². The van der Waals surface area contributed by atoms with E-state index in [-0.39, 0.29) is 6.03 Å². The minimum Gasteiger partial charge on any atom is -0.352 e. The van der Waals surface area contributed by atoms with Gasteiger partial charge in [-0.25, -0.2) is 14.8 Å². The Bertz CT molecular complexity index is 1440. The van der Waals surface area contributed by atoms with Crippen molar-refractivity contribution in [2.75, 3.05) is 36.4 Å². The lowest BCUT2D eigenvalue weighted by Crippen LogP contribution is -2.50. The molecule has 1 saturated heterocycles. The summed E-state index contributed by atoms with van der Waals surface area (Å²) in [5.74, 6) is 2.65. The highest BCUT2D eigenvalue weighted by Crippen LogP contribution is 2.41. The van der Waals surface area contributed by atoms with Gasteiger partial charge in [0.15, 0.2) is 0 Å². The van der Waals surface area contributed by atoms with E-state index in [1.807, 2.05) is 40.5 Å². The fourth-order valence-corrected chi connectivity index (χ4v) is 7.11. The predicted molar refractivity (Wildman–Crippen MR) is 156 cm³/mol. The predicted octanol–water partition coefficient (Wildman–Crippen LogP) is 6.32. The number of fused-ring (bicyclic) bond motifs is 3. The van der Waals surface area contributed by atoms with Gasteiger partial charge in [-0.15, -0.1) is 11.3 Å². The SMILES string of the molecule is CCc1ccccc1NC(=O)N1CCN(c2nc(Cc3ccccc3)nc3sc4c(c23)CCC(C)C4)CC1. The highest BCUT2D eigenvalue weighted by atomic mass is 32.1. The highest BCUT2D eigenvalue weighted by molar-refractivity contribution is 7.19. The number of urea groups is 1. The van der Waals surface area contributed by atoms with Crippen molar-refractivity contribution < 1.29 is 4.79 Å². The van der Waals surface area contributed by atoms with Crippen LogP contribution < -0.4 is 10.2 Å². The zero-order valence-corrected chi connectivity index (χ0v) is 23.1. The van der Waals surface area contributed by atoms with E-state index >= 15 is 0 Å². The lowest BCUT2D eigenvalue weighted by molar-refractivity contribution is 0.208. The fraction of sp³-hybridized carbons (Fsp3) is 0.387. The number of piperazine rings is 1. The number of amides is 2. The average Bonchev–Trinajstić information content (AvgIpc) is 3.30. The molecular formula is C31H35N5OS. The largest absolute Gasteiger partial charge is 0.352 e. The van der Waals surface area contributed by atoms with E-state index in [0.717, 1.165) is 72.4 Å². The molecule has 2 aromatic carbocycles. The Balaban J connectivity index is 1.26. The summed E-state index contributed by atoms with van der Waals surface area (Å²) in [6.45, 7) is 7.33. The lowest BCUT2D eigenvalue weighted by Gasteiger charge is -2.36. The first-order chi connectivity index (χ1) is 18.6. The molecule has 4 aromatic rings. The zero-order valence-electron chi connectivity index (χ0n) is 22.2. The number of nitrogens with zero attached hydrogens (tertiary/aromatic N) is 4. The third kappa shape index (κ3) is 4.99. The van der Waals surface area contributed by atoms with Crippen molar-refractivity contribution in [2.24, 2.45) is 5.92 Å². The Labute approximate surface area is 228 Å². The van der Waals surface area contributed by atoms with Crippen molar-refractivity contribution in [3.8, 4) is 0 Å². The molecule has 1 aliphatic carbocycles. The highest BCUT2D eigenvalue weighted by Gasteiger charge is 2.28. The van der Waals surface area contributed by atoms with E-state index in [0.29, 0.717) is 13.1 Å². The second kappa shape index (κ2) is 10.7. The second-order valence-corrected chi connectivity index (χ2v) is 11.7. The summed E-state index contributed by atoms with van der Waals surface area (Å²) >= 11 is 1.86. The molecule has 38 heavy (non-hydrogen) atoms. The fourth-order valence-electron chi connectivity index (χ4n) is 5.72. The summed E-state index contributed by atoms with van der Waals surface area (Å²) in [6.07, 6.45) is 5.07. The molecule has 2 aliphatic rings. The van der Waals surface area contributed by atoms with Gasteiger partial charge in [0, 0.05) is 43.2 Å². The molecule has 7 heteroatoms. The molecule has 6 rings (SSSR count). The smallest absolute Gasteiger partial charge is 0.321 e. The van der Waals surface area contributed by atoms with E-state index in [2.05, 4.69) is 54.4 Å². The van der Waals surface area contributed by atoms with Gasteiger partial charge in [-0.2, -0.15) is 0 Å². The first kappa shape index (κ1) is 24.9. The summed E-state index contributed by atoms with van der Waals surface area (Å²) in [5, 5.41) is 4.39. The molecule has 1 N–H and O–H groups in total. The van der Waals surface area contributed by atoms with Crippen LogP contribution in [0.5, 0.6) is 0 Å². The summed E-state index contributed by atoms with van der Waals surface area (Å²) < 4.78 is 0. The standard InChI is InChI=1S/C31H35N5OS/c1-3-23-11-7-8-12-25(23)32-31(37)36-17-15-35(16-18-36)29-28-24-14-13-21(2)19-26(24)38-30(28)34-27(33-29)20-22-9-5-4-6-10-22/h4-12,21H,3,13-20H2,1-2H3,(H,32,37). The normalized spacial score (nSPS) is 17.5. The number of benzene rings is 2. The maximum absolute atomic E-state index is 13.1. The van der Waals surface area contributed by atoms with Gasteiger partial charge < -0.3 is 15.1 Å². The van der Waals surface area contributed by atoms with Crippen LogP contribution in [0.3, 0.4) is 0 Å². The molecule has 1 unspecified atom stereocenters. The number of carbonyl (C=O) groups is 1. The van der Waals surface area contributed by atoms with Gasteiger partial charge in [0.25, 0.3) is 0 Å². The quantitative estimate of drug-likeness (QED) is 0.331. The van der Waals surface area contributed by atoms with E-state index in [1.165, 1.54) is 27.8 Å². The van der Waals surface area contributed by atoms with Crippen LogP contribution in [0.4, 0.5) is 16.3 Å². The number of aromatic nitrogens is 2. The molecule has 0 spiro atoms. The van der Waals surface area contributed by atoms with Crippen molar-refractivity contribution >= 4 is 39.1 Å². The van der Waals surface area contributed by atoms with E-state index in [9.17, 15) is 4.79 Å². The van der Waals surface area contributed by atoms with Crippen molar-refractivity contribution in [3.63, 3.8) is 0 Å². The molecular weight excluding hydrogens is 490 g/mol. The Hall–Kier alpha value is -3.45. The van der Waals surface area contributed by atoms with E-state index < -0.39 is 0 Å². The van der Waals surface area contributed by atoms with Gasteiger partial charge in [0.05, 0.1) is 5.39 Å². The van der Waals surface area contributed by atoms with E-state index in [4.69, 9.17) is 9.97 Å². The Morgan fingerprint density at radius 2 is 1.79 bits per heavy atom. The maximum atomic E-state index is 13.1. The zero-order chi connectivity index (χ0) is 26.1. The van der Waals surface area contributed by atoms with Gasteiger partial charge in [0.2, 0.25) is 0 Å². The topological polar surface area (TPSA) is 61.4 Å². The van der Waals surface area contributed by atoms with E-state index in [1.54, 1.807) is 0 Å². The number of para-hydroxylation sites is 1. The van der Waals surface area contributed by atoms with Crippen LogP contribution in [-0.2, 0) is 25.7 Å². The number of aryl methyl sites for hydroxylation is 2. The molecule has 1 atom stereocenters. The minimum absolute atomic E-state index is 0.0231. The summed E-state index contributed by atoms with van der Waals surface area (Å²) in [7, 11) is 0. The van der Waals surface area contributed by atoms with Gasteiger partial charge in [-0.1, -0.05) is 62.4 Å². The number of anilines is 2. The molecule has 0 bridgehead atoms. The molecule has 1 aliphatic heterocycles. The molecule has 0 saturated carbocycles. The molecule has 2 amide bonds. The van der Waals surface area contributed by atoms with Gasteiger partial charge in [-0.05, 0) is 54.4 Å². The molecule has 196 valence electrons. The Morgan fingerprint density at radius 1 is 1.03 bits per heavy atom. The first-order valence-electron chi connectivity index (χ1n) is 13.8. The van der Waals surface area contributed by atoms with Crippen molar-refractivity contribution in [1.29, 1.82) is 0 Å². The maximum Gasteiger partial charge on any atom is 0.321 e. The number of carbonyl (C=O) groups excluding carboxylic acids is 1. The van der Waals surface area contributed by atoms with Gasteiger partial charge >= 0.3 is 6.03 Å². The number of hydrogen-bond donors (Lipinski definition) is 1. The minimum atomic E-state index is -0.0231. The van der Waals surface area contributed by atoms with Crippen LogP contribution in [0.25, 0.3) is 10.2 Å². The summed E-state index contributed by atoms with van der Waals surface area (Å²) in [4.78, 5) is 30.3. The third-order valence-electron chi connectivity index (χ3n) is 7.89. The van der Waals surface area contributed by atoms with Crippen LogP contribution >= 0.6 is 11.3 Å². The first-order valence-corrected chi connectivity index (χ1v) is 14.6. The van der Waals surface area contributed by atoms with Crippen LogP contribution in [0, 0.1) is 5.92 Å². The average molecular weight is 526 g/mol. The number of rotatable bonds is 5. The molecule has 1 fully saturated rings. The molecule has 6 nitrogen and oxygen atoms in total. The number of nitrogens with one attached hydrogen (secondary N) is 1. The van der Waals surface area contributed by atoms with Crippen molar-refractivity contribution in [2.45, 2.75) is 46.0 Å². The third-order valence-corrected chi connectivity index (χ3v) is 9.04. The van der Waals surface area contributed by atoms with Crippen molar-refractivity contribution in [3.05, 3.63) is 82.0 Å². The molecule has 0 radical (unpaired) electrons. The van der Waals surface area contributed by atoms with Crippen LogP contribution in [0.15, 0.2) is 54.6 Å². The molecule has 2 aromatic heterocycles.